The van der Waals surface area contributed by atoms with Crippen molar-refractivity contribution in [2.75, 3.05) is 34.4 Å². The lowest BCUT2D eigenvalue weighted by molar-refractivity contribution is -0.384. The van der Waals surface area contributed by atoms with Crippen molar-refractivity contribution in [3.63, 3.8) is 0 Å². The van der Waals surface area contributed by atoms with Gasteiger partial charge in [0.2, 0.25) is 0 Å². The van der Waals surface area contributed by atoms with Gasteiger partial charge in [0, 0.05) is 39.0 Å². The van der Waals surface area contributed by atoms with E-state index >= 15 is 0 Å². The van der Waals surface area contributed by atoms with Gasteiger partial charge in [-0.15, -0.1) is 0 Å². The van der Waals surface area contributed by atoms with E-state index in [1.54, 1.807) is 20.0 Å². The molecule has 26 heavy (non-hydrogen) atoms. The first-order valence-corrected chi connectivity index (χ1v) is 7.91. The summed E-state index contributed by atoms with van der Waals surface area (Å²) in [4.78, 5) is 38.4. The van der Waals surface area contributed by atoms with E-state index in [-0.39, 0.29) is 30.5 Å². The smallest absolute Gasteiger partial charge is 0.338 e. The number of nitrogens with zero attached hydrogens (tertiary/aromatic N) is 3. The Labute approximate surface area is 150 Å². The Morgan fingerprint density at radius 2 is 2.00 bits per heavy atom. The molecular formula is C17H21N3O6. The fourth-order valence-corrected chi connectivity index (χ4v) is 2.82. The third kappa shape index (κ3) is 3.67. The standard InChI is InChI=1S/C17H21N3O6/c1-11-14(16(21)26-9-8-25-4)15(19(3)17(22)18(11)2)12-6-5-7-13(10-12)20(23)24/h5-7,10,15H,8-9H2,1-4H3/t15-/m0/s1. The number of urea groups is 1. The predicted molar refractivity (Wildman–Crippen MR) is 92.3 cm³/mol. The van der Waals surface area contributed by atoms with Crippen LogP contribution in [0.25, 0.3) is 0 Å². The van der Waals surface area contributed by atoms with Gasteiger partial charge in [0.25, 0.3) is 5.69 Å². The van der Waals surface area contributed by atoms with E-state index in [1.165, 1.54) is 42.2 Å². The number of rotatable bonds is 6. The second-order valence-electron chi connectivity index (χ2n) is 5.83. The molecule has 140 valence electrons. The molecule has 1 aromatic rings. The molecule has 1 atom stereocenters. The largest absolute Gasteiger partial charge is 0.460 e. The van der Waals surface area contributed by atoms with Crippen LogP contribution in [0.4, 0.5) is 10.5 Å². The summed E-state index contributed by atoms with van der Waals surface area (Å²) in [7, 11) is 4.59. The van der Waals surface area contributed by atoms with E-state index in [1.807, 2.05) is 0 Å². The maximum Gasteiger partial charge on any atom is 0.338 e. The maximum absolute atomic E-state index is 12.6. The summed E-state index contributed by atoms with van der Waals surface area (Å²) >= 11 is 0. The van der Waals surface area contributed by atoms with Crippen LogP contribution in [-0.2, 0) is 14.3 Å². The molecule has 1 aliphatic heterocycles. The summed E-state index contributed by atoms with van der Waals surface area (Å²) < 4.78 is 10.1. The number of ether oxygens (including phenoxy) is 2. The zero-order valence-corrected chi connectivity index (χ0v) is 15.1. The number of methoxy groups -OCH3 is 1. The zero-order valence-electron chi connectivity index (χ0n) is 15.1. The number of amides is 2. The van der Waals surface area contributed by atoms with E-state index in [4.69, 9.17) is 9.47 Å². The highest BCUT2D eigenvalue weighted by molar-refractivity contribution is 5.95. The Morgan fingerprint density at radius 1 is 1.31 bits per heavy atom. The van der Waals surface area contributed by atoms with Gasteiger partial charge < -0.3 is 19.3 Å². The number of hydrogen-bond donors (Lipinski definition) is 0. The third-order valence-corrected chi connectivity index (χ3v) is 4.28. The number of carbonyl (C=O) groups excluding carboxylic acids is 2. The van der Waals surface area contributed by atoms with Crippen LogP contribution in [0.5, 0.6) is 0 Å². The van der Waals surface area contributed by atoms with E-state index in [9.17, 15) is 19.7 Å². The quantitative estimate of drug-likeness (QED) is 0.332. The molecule has 0 radical (unpaired) electrons. The first kappa shape index (κ1) is 19.4. The fourth-order valence-electron chi connectivity index (χ4n) is 2.82. The Hall–Kier alpha value is -2.94. The summed E-state index contributed by atoms with van der Waals surface area (Å²) in [5.41, 5.74) is 1.03. The molecule has 0 fully saturated rings. The van der Waals surface area contributed by atoms with Gasteiger partial charge in [0.15, 0.2) is 0 Å². The van der Waals surface area contributed by atoms with Crippen molar-refractivity contribution in [3.05, 3.63) is 51.2 Å². The molecule has 1 aliphatic rings. The third-order valence-electron chi connectivity index (χ3n) is 4.28. The number of likely N-dealkylation sites (N-methyl/N-ethyl adjacent to an activating group) is 1. The van der Waals surface area contributed by atoms with Crippen molar-refractivity contribution < 1.29 is 24.0 Å². The van der Waals surface area contributed by atoms with Crippen molar-refractivity contribution in [1.29, 1.82) is 0 Å². The minimum atomic E-state index is -0.784. The Kier molecular flexibility index (Phi) is 5.93. The first-order chi connectivity index (χ1) is 12.3. The van der Waals surface area contributed by atoms with Gasteiger partial charge in [-0.05, 0) is 12.5 Å². The molecule has 0 saturated heterocycles. The molecule has 9 heteroatoms. The highest BCUT2D eigenvalue weighted by Gasteiger charge is 2.39. The van der Waals surface area contributed by atoms with E-state index in [0.717, 1.165) is 0 Å². The molecule has 2 amide bonds. The summed E-state index contributed by atoms with van der Waals surface area (Å²) in [5.74, 6) is -0.595. The van der Waals surface area contributed by atoms with Crippen molar-refractivity contribution in [1.82, 2.24) is 9.80 Å². The lowest BCUT2D eigenvalue weighted by Crippen LogP contribution is -2.47. The molecule has 9 nitrogen and oxygen atoms in total. The van der Waals surface area contributed by atoms with Crippen LogP contribution in [0.15, 0.2) is 35.5 Å². The van der Waals surface area contributed by atoms with Gasteiger partial charge in [-0.25, -0.2) is 9.59 Å². The van der Waals surface area contributed by atoms with Crippen LogP contribution in [0.3, 0.4) is 0 Å². The van der Waals surface area contributed by atoms with Gasteiger partial charge in [-0.1, -0.05) is 12.1 Å². The summed E-state index contributed by atoms with van der Waals surface area (Å²) in [5, 5.41) is 11.1. The minimum absolute atomic E-state index is 0.0646. The number of allylic oxidation sites excluding steroid dienone is 1. The van der Waals surface area contributed by atoms with Crippen molar-refractivity contribution in [2.24, 2.45) is 0 Å². The molecule has 2 rings (SSSR count). The average Bonchev–Trinajstić information content (AvgIpc) is 2.62. The zero-order chi connectivity index (χ0) is 19.4. The molecular weight excluding hydrogens is 342 g/mol. The molecule has 1 heterocycles. The van der Waals surface area contributed by atoms with Crippen LogP contribution in [0, 0.1) is 10.1 Å². The van der Waals surface area contributed by atoms with Gasteiger partial charge >= 0.3 is 12.0 Å². The van der Waals surface area contributed by atoms with Crippen LogP contribution in [0.1, 0.15) is 18.5 Å². The number of carbonyl (C=O) groups is 2. The lowest BCUT2D eigenvalue weighted by atomic mass is 9.93. The molecule has 0 spiro atoms. The van der Waals surface area contributed by atoms with Crippen LogP contribution < -0.4 is 0 Å². The van der Waals surface area contributed by atoms with Gasteiger partial charge in [-0.3, -0.25) is 10.1 Å². The monoisotopic (exact) mass is 363 g/mol. The van der Waals surface area contributed by atoms with E-state index in [2.05, 4.69) is 0 Å². The number of non-ortho nitro benzene ring substituents is 1. The van der Waals surface area contributed by atoms with Crippen LogP contribution in [0.2, 0.25) is 0 Å². The number of nitro benzene ring substituents is 1. The normalized spacial score (nSPS) is 17.5. The summed E-state index contributed by atoms with van der Waals surface area (Å²) in [6, 6.07) is 4.76. The Morgan fingerprint density at radius 3 is 2.62 bits per heavy atom. The van der Waals surface area contributed by atoms with Crippen molar-refractivity contribution in [3.8, 4) is 0 Å². The lowest BCUT2D eigenvalue weighted by Gasteiger charge is -2.39. The first-order valence-electron chi connectivity index (χ1n) is 7.91. The number of nitro groups is 1. The second-order valence-corrected chi connectivity index (χ2v) is 5.83. The van der Waals surface area contributed by atoms with Crippen molar-refractivity contribution in [2.45, 2.75) is 13.0 Å². The minimum Gasteiger partial charge on any atom is -0.460 e. The molecule has 0 saturated carbocycles. The van der Waals surface area contributed by atoms with Gasteiger partial charge in [0.1, 0.15) is 6.61 Å². The van der Waals surface area contributed by atoms with Crippen LogP contribution >= 0.6 is 0 Å². The predicted octanol–water partition coefficient (Wildman–Crippen LogP) is 2.10. The second kappa shape index (κ2) is 7.96. The Bertz CT molecular complexity index is 761. The average molecular weight is 363 g/mol. The highest BCUT2D eigenvalue weighted by Crippen LogP contribution is 2.37. The van der Waals surface area contributed by atoms with Gasteiger partial charge in [0.05, 0.1) is 23.1 Å². The van der Waals surface area contributed by atoms with Gasteiger partial charge in [-0.2, -0.15) is 0 Å². The SMILES string of the molecule is COCCOC(=O)C1=C(C)N(C)C(=O)N(C)[C@H]1c1cccc([N+](=O)[O-])c1. The molecule has 0 aromatic heterocycles. The van der Waals surface area contributed by atoms with Crippen molar-refractivity contribution >= 4 is 17.7 Å². The number of benzene rings is 1. The maximum atomic E-state index is 12.6. The summed E-state index contributed by atoms with van der Waals surface area (Å²) in [6.07, 6.45) is 0. The van der Waals surface area contributed by atoms with Crippen LogP contribution in [-0.4, -0.2) is 61.1 Å². The molecule has 0 unspecified atom stereocenters. The van der Waals surface area contributed by atoms with E-state index < -0.39 is 16.9 Å². The number of esters is 1. The fraction of sp³-hybridized carbons (Fsp3) is 0.412. The highest BCUT2D eigenvalue weighted by atomic mass is 16.6. The molecule has 0 aliphatic carbocycles. The number of hydrogen-bond acceptors (Lipinski definition) is 6. The topological polar surface area (TPSA) is 102 Å². The summed E-state index contributed by atoms with van der Waals surface area (Å²) in [6.45, 7) is 1.95. The van der Waals surface area contributed by atoms with E-state index in [0.29, 0.717) is 11.3 Å². The molecule has 0 N–H and O–H groups in total. The Balaban J connectivity index is 2.51. The molecule has 0 bridgehead atoms. The molecule has 1 aromatic carbocycles.